The third-order valence-electron chi connectivity index (χ3n) is 2.13. The zero-order valence-electron chi connectivity index (χ0n) is 8.68. The van der Waals surface area contributed by atoms with Crippen molar-refractivity contribution in [1.82, 2.24) is 4.98 Å². The molecule has 1 aromatic carbocycles. The van der Waals surface area contributed by atoms with Crippen molar-refractivity contribution >= 4 is 27.3 Å². The quantitative estimate of drug-likeness (QED) is 0.728. The average molecular weight is 322 g/mol. The van der Waals surface area contributed by atoms with E-state index in [0.717, 1.165) is 4.47 Å². The fourth-order valence-electron chi connectivity index (χ4n) is 1.40. The number of thiazole rings is 1. The third-order valence-corrected chi connectivity index (χ3v) is 3.87. The van der Waals surface area contributed by atoms with E-state index in [1.54, 1.807) is 18.2 Å². The summed E-state index contributed by atoms with van der Waals surface area (Å²) in [7, 11) is 0. The molecule has 2 aromatic rings. The van der Waals surface area contributed by atoms with E-state index in [9.17, 15) is 13.2 Å². The zero-order chi connectivity index (χ0) is 12.6. The van der Waals surface area contributed by atoms with Crippen molar-refractivity contribution in [3.63, 3.8) is 0 Å². The first-order chi connectivity index (χ1) is 7.88. The van der Waals surface area contributed by atoms with Crippen molar-refractivity contribution in [2.24, 2.45) is 0 Å². The largest absolute Gasteiger partial charge is 0.427 e. The summed E-state index contributed by atoms with van der Waals surface area (Å²) in [6.45, 7) is 1.38. The zero-order valence-corrected chi connectivity index (χ0v) is 11.1. The van der Waals surface area contributed by atoms with Crippen LogP contribution in [0.15, 0.2) is 28.7 Å². The minimum atomic E-state index is -4.33. The molecule has 6 heteroatoms. The Balaban J connectivity index is 2.49. The maximum absolute atomic E-state index is 12.6. The predicted molar refractivity (Wildman–Crippen MR) is 65.0 cm³/mol. The van der Waals surface area contributed by atoms with Gasteiger partial charge in [-0.2, -0.15) is 13.2 Å². The van der Waals surface area contributed by atoms with Gasteiger partial charge in [-0.15, -0.1) is 11.3 Å². The molecule has 0 N–H and O–H groups in total. The number of nitrogens with zero attached hydrogens (tertiary/aromatic N) is 1. The molecule has 0 saturated carbocycles. The molecule has 0 atom stereocenters. The van der Waals surface area contributed by atoms with Gasteiger partial charge in [0.05, 0.1) is 5.69 Å². The molecule has 0 bridgehead atoms. The lowest BCUT2D eigenvalue weighted by molar-refractivity contribution is -0.134. The van der Waals surface area contributed by atoms with Gasteiger partial charge in [0.25, 0.3) is 0 Å². The molecule has 0 aliphatic heterocycles. The monoisotopic (exact) mass is 321 g/mol. The highest BCUT2D eigenvalue weighted by atomic mass is 79.9. The Morgan fingerprint density at radius 1 is 1.29 bits per heavy atom. The fourth-order valence-corrected chi connectivity index (χ4v) is 2.73. The van der Waals surface area contributed by atoms with Crippen LogP contribution in [-0.4, -0.2) is 4.98 Å². The number of rotatable bonds is 1. The number of hydrogen-bond donors (Lipinski definition) is 0. The molecule has 0 aliphatic rings. The summed E-state index contributed by atoms with van der Waals surface area (Å²) in [5, 5.41) is 0.385. The van der Waals surface area contributed by atoms with Crippen molar-refractivity contribution in [3.05, 3.63) is 39.3 Å². The molecule has 0 radical (unpaired) electrons. The van der Waals surface area contributed by atoms with Crippen LogP contribution in [0.1, 0.15) is 10.6 Å². The Morgan fingerprint density at radius 3 is 2.53 bits per heavy atom. The van der Waals surface area contributed by atoms with Crippen LogP contribution in [0.3, 0.4) is 0 Å². The Morgan fingerprint density at radius 2 is 2.00 bits per heavy atom. The summed E-state index contributed by atoms with van der Waals surface area (Å²) in [6, 6.07) is 7.07. The first-order valence-electron chi connectivity index (χ1n) is 4.68. The van der Waals surface area contributed by atoms with E-state index in [2.05, 4.69) is 20.9 Å². The molecule has 90 valence electrons. The van der Waals surface area contributed by atoms with Gasteiger partial charge in [0.1, 0.15) is 9.88 Å². The summed E-state index contributed by atoms with van der Waals surface area (Å²) in [6.07, 6.45) is -4.33. The molecule has 0 saturated heterocycles. The van der Waals surface area contributed by atoms with Crippen molar-refractivity contribution in [3.8, 4) is 10.6 Å². The normalized spacial score (nSPS) is 11.8. The number of alkyl halides is 3. The van der Waals surface area contributed by atoms with E-state index in [0.29, 0.717) is 21.9 Å². The van der Waals surface area contributed by atoms with E-state index in [4.69, 9.17) is 0 Å². The van der Waals surface area contributed by atoms with Crippen LogP contribution in [0.25, 0.3) is 10.6 Å². The molecule has 1 aromatic heterocycles. The number of hydrogen-bond acceptors (Lipinski definition) is 2. The van der Waals surface area contributed by atoms with E-state index in [-0.39, 0.29) is 5.69 Å². The van der Waals surface area contributed by atoms with Crippen LogP contribution in [0.4, 0.5) is 13.2 Å². The fraction of sp³-hybridized carbons (Fsp3) is 0.182. The van der Waals surface area contributed by atoms with Gasteiger partial charge in [-0.05, 0) is 19.1 Å². The molecule has 1 nitrogen and oxygen atoms in total. The van der Waals surface area contributed by atoms with E-state index < -0.39 is 11.1 Å². The van der Waals surface area contributed by atoms with Gasteiger partial charge < -0.3 is 0 Å². The molecule has 0 fully saturated rings. The smallest absolute Gasteiger partial charge is 0.241 e. The number of aromatic nitrogens is 1. The number of halogens is 4. The molecule has 2 rings (SSSR count). The second-order valence-electron chi connectivity index (χ2n) is 3.44. The van der Waals surface area contributed by atoms with Crippen molar-refractivity contribution in [2.45, 2.75) is 13.1 Å². The standard InChI is InChI=1S/C11H7BrF3NS/c1-6-9(11(13,14)15)17-10(16-6)7-3-2-4-8(12)5-7/h2-5H,1H3. The molecule has 17 heavy (non-hydrogen) atoms. The van der Waals surface area contributed by atoms with Crippen LogP contribution < -0.4 is 0 Å². The van der Waals surface area contributed by atoms with Crippen LogP contribution >= 0.6 is 27.3 Å². The van der Waals surface area contributed by atoms with Crippen LogP contribution in [0.5, 0.6) is 0 Å². The lowest BCUT2D eigenvalue weighted by Crippen LogP contribution is -2.03. The molecule has 0 aliphatic carbocycles. The van der Waals surface area contributed by atoms with Gasteiger partial charge in [0.15, 0.2) is 0 Å². The maximum Gasteiger partial charge on any atom is 0.427 e. The van der Waals surface area contributed by atoms with Gasteiger partial charge in [-0.25, -0.2) is 4.98 Å². The Labute approximate surface area is 108 Å². The van der Waals surface area contributed by atoms with Gasteiger partial charge in [-0.1, -0.05) is 28.1 Å². The first kappa shape index (κ1) is 12.6. The average Bonchev–Trinajstić information content (AvgIpc) is 2.60. The lowest BCUT2D eigenvalue weighted by Gasteiger charge is -2.01. The molecular weight excluding hydrogens is 315 g/mol. The second kappa shape index (κ2) is 4.42. The molecular formula is C11H7BrF3NS. The SMILES string of the molecule is Cc1nc(-c2cccc(Br)c2)sc1C(F)(F)F. The highest BCUT2D eigenvalue weighted by molar-refractivity contribution is 9.10. The second-order valence-corrected chi connectivity index (χ2v) is 5.36. The highest BCUT2D eigenvalue weighted by Crippen LogP contribution is 2.39. The minimum absolute atomic E-state index is 0.0254. The van der Waals surface area contributed by atoms with Crippen molar-refractivity contribution in [2.75, 3.05) is 0 Å². The van der Waals surface area contributed by atoms with Crippen molar-refractivity contribution < 1.29 is 13.2 Å². The van der Waals surface area contributed by atoms with Gasteiger partial charge in [-0.3, -0.25) is 0 Å². The lowest BCUT2D eigenvalue weighted by atomic mass is 10.2. The van der Waals surface area contributed by atoms with Crippen molar-refractivity contribution in [1.29, 1.82) is 0 Å². The summed E-state index contributed by atoms with van der Waals surface area (Å²) < 4.78 is 38.7. The summed E-state index contributed by atoms with van der Waals surface area (Å²) in [4.78, 5) is 3.33. The minimum Gasteiger partial charge on any atom is -0.241 e. The molecule has 1 heterocycles. The number of benzene rings is 1. The predicted octanol–water partition coefficient (Wildman–Crippen LogP) is 4.90. The number of aryl methyl sites for hydroxylation is 1. The molecule has 0 amide bonds. The summed E-state index contributed by atoms with van der Waals surface area (Å²) >= 11 is 3.95. The van der Waals surface area contributed by atoms with E-state index in [1.165, 1.54) is 6.92 Å². The summed E-state index contributed by atoms with van der Waals surface area (Å²) in [5.74, 6) is 0. The third kappa shape index (κ3) is 2.69. The molecule has 0 unspecified atom stereocenters. The van der Waals surface area contributed by atoms with Gasteiger partial charge in [0.2, 0.25) is 0 Å². The van der Waals surface area contributed by atoms with Gasteiger partial charge in [0, 0.05) is 10.0 Å². The maximum atomic E-state index is 12.6. The summed E-state index contributed by atoms with van der Waals surface area (Å²) in [5.41, 5.74) is 0.709. The Bertz CT molecular complexity index is 548. The van der Waals surface area contributed by atoms with Crippen LogP contribution in [-0.2, 0) is 6.18 Å². The topological polar surface area (TPSA) is 12.9 Å². The molecule has 0 spiro atoms. The first-order valence-corrected chi connectivity index (χ1v) is 6.29. The Hall–Kier alpha value is -0.880. The van der Waals surface area contributed by atoms with E-state index in [1.807, 2.05) is 6.07 Å². The van der Waals surface area contributed by atoms with Crippen LogP contribution in [0, 0.1) is 6.92 Å². The Kier molecular flexibility index (Phi) is 3.27. The van der Waals surface area contributed by atoms with Gasteiger partial charge >= 0.3 is 6.18 Å². The van der Waals surface area contributed by atoms with E-state index >= 15 is 0 Å². The highest BCUT2D eigenvalue weighted by Gasteiger charge is 2.35. The van der Waals surface area contributed by atoms with Crippen LogP contribution in [0.2, 0.25) is 0 Å².